The SMILES string of the molecule is C=CC(=O)NC1CC(c2cc(Nc3nc(-c4ccnc(N5CCn6c(cc7c6CC(C)(C)C7)C5=O)c4CO)cn(C)c3=O)ccc2N2CCN(C3CCOCC3)C[C@@H]2C)C1. The molecule has 9 rings (SSSR count). The van der Waals surface area contributed by atoms with Gasteiger partial charge in [0.15, 0.2) is 5.82 Å². The van der Waals surface area contributed by atoms with E-state index in [1.54, 1.807) is 30.4 Å². The number of carbonyl (C=O) groups excluding carboxylic acids is 2. The van der Waals surface area contributed by atoms with Crippen molar-refractivity contribution in [1.29, 1.82) is 0 Å². The Labute approximate surface area is 351 Å². The fourth-order valence-corrected chi connectivity index (χ4v) is 10.4. The number of fused-ring (bicyclic) bond motifs is 3. The summed E-state index contributed by atoms with van der Waals surface area (Å²) in [5, 5.41) is 17.3. The number of ether oxygens (including phenoxy) is 1. The number of nitrogens with zero attached hydrogens (tertiary/aromatic N) is 7. The number of nitrogens with one attached hydrogen (secondary N) is 2. The highest BCUT2D eigenvalue weighted by molar-refractivity contribution is 6.06. The Bertz CT molecular complexity index is 2390. The van der Waals surface area contributed by atoms with Gasteiger partial charge in [-0.3, -0.25) is 24.2 Å². The maximum absolute atomic E-state index is 14.0. The van der Waals surface area contributed by atoms with Gasteiger partial charge < -0.3 is 34.5 Å². The minimum Gasteiger partial charge on any atom is -0.392 e. The van der Waals surface area contributed by atoms with Crippen LogP contribution in [-0.2, 0) is 42.6 Å². The number of benzene rings is 1. The van der Waals surface area contributed by atoms with Crippen LogP contribution in [0.4, 0.5) is 23.0 Å². The fourth-order valence-electron chi connectivity index (χ4n) is 10.4. The summed E-state index contributed by atoms with van der Waals surface area (Å²) in [4.78, 5) is 56.2. The zero-order valence-electron chi connectivity index (χ0n) is 35.2. The van der Waals surface area contributed by atoms with Crippen molar-refractivity contribution in [2.45, 2.75) is 96.5 Å². The van der Waals surface area contributed by atoms with Gasteiger partial charge in [0.2, 0.25) is 5.91 Å². The summed E-state index contributed by atoms with van der Waals surface area (Å²) in [5.74, 6) is 0.451. The molecule has 1 atom stereocenters. The second-order valence-corrected chi connectivity index (χ2v) is 18.2. The van der Waals surface area contributed by atoms with Gasteiger partial charge in [-0.2, -0.15) is 0 Å². The number of hydrogen-bond acceptors (Lipinski definition) is 10. The van der Waals surface area contributed by atoms with E-state index < -0.39 is 0 Å². The van der Waals surface area contributed by atoms with Gasteiger partial charge in [0, 0.05) is 112 Å². The summed E-state index contributed by atoms with van der Waals surface area (Å²) in [6.07, 6.45) is 10.2. The minimum absolute atomic E-state index is 0.0725. The van der Waals surface area contributed by atoms with Crippen LogP contribution in [0.1, 0.15) is 85.2 Å². The summed E-state index contributed by atoms with van der Waals surface area (Å²) < 4.78 is 9.29. The van der Waals surface area contributed by atoms with Gasteiger partial charge in [-0.15, -0.1) is 0 Å². The second-order valence-electron chi connectivity index (χ2n) is 18.2. The van der Waals surface area contributed by atoms with E-state index in [4.69, 9.17) is 9.72 Å². The van der Waals surface area contributed by atoms with Crippen molar-refractivity contribution in [2.24, 2.45) is 12.5 Å². The lowest BCUT2D eigenvalue weighted by molar-refractivity contribution is -0.117. The molecule has 316 valence electrons. The Morgan fingerprint density at radius 2 is 1.87 bits per heavy atom. The van der Waals surface area contributed by atoms with E-state index in [1.165, 1.54) is 33.2 Å². The number of aryl methyl sites for hydroxylation is 1. The van der Waals surface area contributed by atoms with E-state index in [0.29, 0.717) is 53.5 Å². The van der Waals surface area contributed by atoms with Crippen LogP contribution in [0.5, 0.6) is 0 Å². The summed E-state index contributed by atoms with van der Waals surface area (Å²) >= 11 is 0. The van der Waals surface area contributed by atoms with Gasteiger partial charge in [0.05, 0.1) is 12.3 Å². The largest absolute Gasteiger partial charge is 0.392 e. The second kappa shape index (κ2) is 15.9. The lowest BCUT2D eigenvalue weighted by atomic mass is 9.75. The molecule has 0 unspecified atom stereocenters. The number of carbonyl (C=O) groups is 2. The molecule has 3 N–H and O–H groups in total. The molecule has 3 aromatic heterocycles. The van der Waals surface area contributed by atoms with Crippen LogP contribution in [0, 0.1) is 5.41 Å². The Kier molecular flexibility index (Phi) is 10.7. The Morgan fingerprint density at radius 3 is 2.62 bits per heavy atom. The molecule has 3 fully saturated rings. The van der Waals surface area contributed by atoms with E-state index >= 15 is 0 Å². The van der Waals surface area contributed by atoms with Crippen LogP contribution in [0.3, 0.4) is 0 Å². The molecule has 60 heavy (non-hydrogen) atoms. The predicted octanol–water partition coefficient (Wildman–Crippen LogP) is 4.90. The fraction of sp³-hybridized carbons (Fsp3) is 0.500. The molecule has 0 bridgehead atoms. The number of pyridine rings is 1. The monoisotopic (exact) mass is 815 g/mol. The van der Waals surface area contributed by atoms with Gasteiger partial charge in [-0.05, 0) is 104 Å². The van der Waals surface area contributed by atoms with Crippen LogP contribution in [0.15, 0.2) is 60.2 Å². The number of aliphatic hydroxyl groups is 1. The lowest BCUT2D eigenvalue weighted by Crippen LogP contribution is -2.56. The summed E-state index contributed by atoms with van der Waals surface area (Å²) in [6.45, 7) is 15.7. The van der Waals surface area contributed by atoms with Crippen LogP contribution in [0.2, 0.25) is 0 Å². The van der Waals surface area contributed by atoms with Gasteiger partial charge in [-0.25, -0.2) is 9.97 Å². The molecule has 3 aliphatic heterocycles. The zero-order chi connectivity index (χ0) is 41.9. The molecular formula is C46H57N9O5. The quantitative estimate of drug-likeness (QED) is 0.189. The van der Waals surface area contributed by atoms with Crippen molar-refractivity contribution in [3.63, 3.8) is 0 Å². The third-order valence-corrected chi connectivity index (χ3v) is 13.5. The molecule has 6 heterocycles. The predicted molar refractivity (Wildman–Crippen MR) is 232 cm³/mol. The number of aliphatic hydroxyl groups excluding tert-OH is 1. The van der Waals surface area contributed by atoms with Crippen LogP contribution in [-0.4, -0.2) is 98.4 Å². The van der Waals surface area contributed by atoms with Crippen molar-refractivity contribution in [3.05, 3.63) is 93.8 Å². The topological polar surface area (TPSA) is 150 Å². The van der Waals surface area contributed by atoms with Crippen molar-refractivity contribution in [1.82, 2.24) is 29.3 Å². The van der Waals surface area contributed by atoms with Crippen LogP contribution >= 0.6 is 0 Å². The third-order valence-electron chi connectivity index (χ3n) is 13.5. The third kappa shape index (κ3) is 7.43. The molecule has 0 spiro atoms. The molecule has 1 aromatic carbocycles. The minimum atomic E-state index is -0.372. The molecule has 5 aliphatic rings. The normalized spacial score (nSPS) is 22.9. The number of aromatic nitrogens is 4. The first-order valence-electron chi connectivity index (χ1n) is 21.5. The molecule has 0 radical (unpaired) electrons. The maximum atomic E-state index is 14.0. The smallest absolute Gasteiger partial charge is 0.293 e. The zero-order valence-corrected chi connectivity index (χ0v) is 35.2. The van der Waals surface area contributed by atoms with Crippen LogP contribution < -0.4 is 26.0 Å². The highest BCUT2D eigenvalue weighted by Gasteiger charge is 2.39. The lowest BCUT2D eigenvalue weighted by Gasteiger charge is -2.47. The van der Waals surface area contributed by atoms with Crippen molar-refractivity contribution >= 4 is 34.8 Å². The van der Waals surface area contributed by atoms with E-state index in [2.05, 4.69) is 69.5 Å². The molecule has 2 aliphatic carbocycles. The van der Waals surface area contributed by atoms with E-state index in [0.717, 1.165) is 77.1 Å². The molecular weight excluding hydrogens is 759 g/mol. The average Bonchev–Trinajstić information content (AvgIpc) is 3.72. The molecule has 4 aromatic rings. The number of anilines is 4. The first-order valence-corrected chi connectivity index (χ1v) is 21.5. The van der Waals surface area contributed by atoms with Gasteiger partial charge in [-0.1, -0.05) is 20.4 Å². The molecule has 2 saturated heterocycles. The van der Waals surface area contributed by atoms with Gasteiger partial charge in [0.1, 0.15) is 11.5 Å². The standard InChI is InChI=1S/C46H57N9O5/c1-6-41(57)48-32-19-29(20-32)35-22-31(7-8-38(35)53-14-13-52(25-28(53)2)33-10-17-60-18-11-33)49-42-45(59)51(5)26-37(50-42)34-9-12-47-43(36(34)27-56)55-16-15-54-39(44(55)58)21-30-23-46(3,4)24-40(30)54/h6-9,12,21-22,26,28-29,32-33,56H,1,10-11,13-20,23-25,27H2,2-5H3,(H,48,57)(H,49,50)/t28-,29?,32?/m0/s1. The Hall–Kier alpha value is -5.31. The van der Waals surface area contributed by atoms with Crippen molar-refractivity contribution in [3.8, 4) is 11.3 Å². The summed E-state index contributed by atoms with van der Waals surface area (Å²) in [5.41, 5.74) is 7.62. The van der Waals surface area contributed by atoms with Gasteiger partial charge in [0.25, 0.3) is 11.5 Å². The van der Waals surface area contributed by atoms with Crippen molar-refractivity contribution in [2.75, 3.05) is 54.5 Å². The first-order chi connectivity index (χ1) is 28.9. The number of piperazine rings is 1. The Balaban J connectivity index is 0.997. The molecule has 1 saturated carbocycles. The Morgan fingerprint density at radius 1 is 1.07 bits per heavy atom. The van der Waals surface area contributed by atoms with Crippen molar-refractivity contribution < 1.29 is 19.4 Å². The summed E-state index contributed by atoms with van der Waals surface area (Å²) in [6, 6.07) is 11.0. The maximum Gasteiger partial charge on any atom is 0.293 e. The number of rotatable bonds is 10. The molecule has 14 heteroatoms. The van der Waals surface area contributed by atoms with E-state index in [-0.39, 0.29) is 47.2 Å². The van der Waals surface area contributed by atoms with E-state index in [1.807, 2.05) is 12.1 Å². The average molecular weight is 816 g/mol. The van der Waals surface area contributed by atoms with E-state index in [9.17, 15) is 19.5 Å². The highest BCUT2D eigenvalue weighted by atomic mass is 16.5. The number of hydrogen-bond donors (Lipinski definition) is 3. The van der Waals surface area contributed by atoms with Crippen LogP contribution in [0.25, 0.3) is 11.3 Å². The number of amides is 2. The first kappa shape index (κ1) is 40.1. The molecule has 14 nitrogen and oxygen atoms in total. The highest BCUT2D eigenvalue weighted by Crippen LogP contribution is 2.44. The summed E-state index contributed by atoms with van der Waals surface area (Å²) in [7, 11) is 1.68. The van der Waals surface area contributed by atoms with Gasteiger partial charge >= 0.3 is 0 Å². The molecule has 2 amide bonds.